The van der Waals surface area contributed by atoms with Crippen LogP contribution < -0.4 is 10.5 Å². The van der Waals surface area contributed by atoms with Gasteiger partial charge < -0.3 is 10.5 Å². The maximum Gasteiger partial charge on any atom is 0.234 e. The van der Waals surface area contributed by atoms with Crippen LogP contribution in [0.25, 0.3) is 0 Å². The molecule has 0 spiro atoms. The Balaban J connectivity index is 1.54. The molecule has 0 aliphatic heterocycles. The summed E-state index contributed by atoms with van der Waals surface area (Å²) in [5.74, 6) is 4.78. The third-order valence-electron chi connectivity index (χ3n) is 4.97. The lowest BCUT2D eigenvalue weighted by Crippen LogP contribution is -2.50. The molecule has 1 aromatic heterocycles. The lowest BCUT2D eigenvalue weighted by molar-refractivity contribution is -0.0805. The Hall–Kier alpha value is -1.19. The number of rotatable bonds is 2. The third kappa shape index (κ3) is 1.53. The summed E-state index contributed by atoms with van der Waals surface area (Å²) in [6, 6.07) is 1.80. The van der Waals surface area contributed by atoms with Crippen LogP contribution in [-0.4, -0.2) is 16.3 Å². The van der Waals surface area contributed by atoms with Crippen LogP contribution in [-0.2, 0) is 0 Å². The van der Waals surface area contributed by atoms with Crippen molar-refractivity contribution in [1.29, 1.82) is 0 Å². The predicted molar refractivity (Wildman–Crippen MR) is 64.5 cm³/mol. The zero-order valence-electron chi connectivity index (χ0n) is 9.93. The second kappa shape index (κ2) is 3.40. The number of hydrogen-bond donors (Lipinski definition) is 2. The zero-order valence-corrected chi connectivity index (χ0v) is 9.93. The van der Waals surface area contributed by atoms with Crippen LogP contribution in [0.4, 0.5) is 5.82 Å². The van der Waals surface area contributed by atoms with Gasteiger partial charge in [-0.15, -0.1) is 5.10 Å². The maximum atomic E-state index is 6.09. The van der Waals surface area contributed by atoms with E-state index in [0.717, 1.165) is 23.7 Å². The van der Waals surface area contributed by atoms with E-state index < -0.39 is 0 Å². The van der Waals surface area contributed by atoms with Gasteiger partial charge in [-0.2, -0.15) is 0 Å². The van der Waals surface area contributed by atoms with Crippen molar-refractivity contribution in [2.45, 2.75) is 38.2 Å². The van der Waals surface area contributed by atoms with E-state index in [1.54, 1.807) is 6.07 Å². The number of hydrogen-bond acceptors (Lipinski definition) is 3. The van der Waals surface area contributed by atoms with E-state index in [2.05, 4.69) is 10.2 Å². The van der Waals surface area contributed by atoms with E-state index in [1.807, 2.05) is 0 Å². The molecule has 4 aliphatic rings. The summed E-state index contributed by atoms with van der Waals surface area (Å²) < 4.78 is 6.09. The summed E-state index contributed by atoms with van der Waals surface area (Å²) >= 11 is 0. The highest BCUT2D eigenvalue weighted by molar-refractivity contribution is 5.31. The van der Waals surface area contributed by atoms with Gasteiger partial charge >= 0.3 is 0 Å². The molecule has 5 rings (SSSR count). The van der Waals surface area contributed by atoms with Crippen LogP contribution in [0.1, 0.15) is 32.1 Å². The minimum absolute atomic E-state index is 0.394. The Kier molecular flexibility index (Phi) is 1.96. The lowest BCUT2D eigenvalue weighted by atomic mass is 9.55. The van der Waals surface area contributed by atoms with E-state index in [0.29, 0.717) is 17.8 Å². The second-order valence-electron chi connectivity index (χ2n) is 6.17. The molecular formula is C13H19N3O. The first-order chi connectivity index (χ1) is 8.28. The van der Waals surface area contributed by atoms with Crippen LogP contribution >= 0.6 is 0 Å². The molecule has 0 saturated heterocycles. The number of ether oxygens (including phenoxy) is 1. The van der Waals surface area contributed by atoms with Gasteiger partial charge in [0.1, 0.15) is 11.9 Å². The standard InChI is InChI=1S/C13H19N3O/c14-11-6-12(16-15-11)17-13-9-2-7-1-8(4-9)5-10(13)3-7/h6-10,13H,1-5H2,(H3,14,15,16). The third-order valence-corrected chi connectivity index (χ3v) is 4.97. The number of H-pyrrole nitrogens is 1. The monoisotopic (exact) mass is 233 g/mol. The van der Waals surface area contributed by atoms with Crippen molar-refractivity contribution in [2.24, 2.45) is 23.7 Å². The fraction of sp³-hybridized carbons (Fsp3) is 0.769. The van der Waals surface area contributed by atoms with Crippen molar-refractivity contribution in [3.63, 3.8) is 0 Å². The number of aromatic amines is 1. The Morgan fingerprint density at radius 2 is 1.76 bits per heavy atom. The van der Waals surface area contributed by atoms with Gasteiger partial charge in [0.2, 0.25) is 5.88 Å². The van der Waals surface area contributed by atoms with Crippen molar-refractivity contribution in [3.05, 3.63) is 6.07 Å². The Morgan fingerprint density at radius 3 is 2.29 bits per heavy atom. The highest BCUT2D eigenvalue weighted by atomic mass is 16.5. The summed E-state index contributed by atoms with van der Waals surface area (Å²) in [5, 5.41) is 6.84. The molecule has 1 heterocycles. The minimum Gasteiger partial charge on any atom is -0.473 e. The molecule has 0 unspecified atom stereocenters. The van der Waals surface area contributed by atoms with Crippen molar-refractivity contribution in [1.82, 2.24) is 10.2 Å². The average Bonchev–Trinajstić information content (AvgIpc) is 2.68. The van der Waals surface area contributed by atoms with E-state index in [-0.39, 0.29) is 0 Å². The van der Waals surface area contributed by atoms with E-state index >= 15 is 0 Å². The largest absolute Gasteiger partial charge is 0.473 e. The fourth-order valence-electron chi connectivity index (χ4n) is 4.58. The van der Waals surface area contributed by atoms with Gasteiger partial charge in [0.25, 0.3) is 0 Å². The fourth-order valence-corrected chi connectivity index (χ4v) is 4.58. The topological polar surface area (TPSA) is 63.9 Å². The smallest absolute Gasteiger partial charge is 0.234 e. The molecule has 0 amide bonds. The molecule has 92 valence electrons. The Morgan fingerprint density at radius 1 is 1.12 bits per heavy atom. The molecule has 4 bridgehead atoms. The van der Waals surface area contributed by atoms with Gasteiger partial charge in [-0.25, -0.2) is 0 Å². The highest BCUT2D eigenvalue weighted by Crippen LogP contribution is 2.54. The average molecular weight is 233 g/mol. The first kappa shape index (κ1) is 9.80. The lowest BCUT2D eigenvalue weighted by Gasteiger charge is -2.53. The van der Waals surface area contributed by atoms with Crippen LogP contribution in [0, 0.1) is 23.7 Å². The molecule has 0 aromatic carbocycles. The molecule has 4 saturated carbocycles. The van der Waals surface area contributed by atoms with Crippen LogP contribution in [0.5, 0.6) is 5.88 Å². The molecule has 4 heteroatoms. The number of aromatic nitrogens is 2. The normalized spacial score (nSPS) is 42.9. The van der Waals surface area contributed by atoms with Crippen molar-refractivity contribution in [3.8, 4) is 5.88 Å². The van der Waals surface area contributed by atoms with Crippen molar-refractivity contribution < 1.29 is 4.74 Å². The molecule has 0 atom stereocenters. The van der Waals surface area contributed by atoms with E-state index in [4.69, 9.17) is 10.5 Å². The van der Waals surface area contributed by atoms with Gasteiger partial charge in [0.15, 0.2) is 0 Å². The zero-order chi connectivity index (χ0) is 11.4. The molecular weight excluding hydrogens is 214 g/mol. The SMILES string of the molecule is Nc1cc(OC2C3CC4CC(C3)CC2C4)n[nH]1. The van der Waals surface area contributed by atoms with Crippen molar-refractivity contribution in [2.75, 3.05) is 5.73 Å². The first-order valence-electron chi connectivity index (χ1n) is 6.75. The quantitative estimate of drug-likeness (QED) is 0.823. The van der Waals surface area contributed by atoms with Gasteiger partial charge in [0, 0.05) is 6.07 Å². The second-order valence-corrected chi connectivity index (χ2v) is 6.17. The molecule has 1 aromatic rings. The molecule has 4 nitrogen and oxygen atoms in total. The molecule has 4 fully saturated rings. The van der Waals surface area contributed by atoms with Gasteiger partial charge in [-0.05, 0) is 55.8 Å². The maximum absolute atomic E-state index is 6.09. The summed E-state index contributed by atoms with van der Waals surface area (Å²) in [6.45, 7) is 0. The summed E-state index contributed by atoms with van der Waals surface area (Å²) in [4.78, 5) is 0. The molecule has 4 aliphatic carbocycles. The molecule has 3 N–H and O–H groups in total. The van der Waals surface area contributed by atoms with Crippen LogP contribution in [0.2, 0.25) is 0 Å². The van der Waals surface area contributed by atoms with Crippen LogP contribution in [0.15, 0.2) is 6.07 Å². The summed E-state index contributed by atoms with van der Waals surface area (Å²) in [5.41, 5.74) is 5.63. The molecule has 17 heavy (non-hydrogen) atoms. The highest BCUT2D eigenvalue weighted by Gasteiger charge is 2.49. The van der Waals surface area contributed by atoms with Gasteiger partial charge in [0.05, 0.1) is 0 Å². The molecule has 0 radical (unpaired) electrons. The predicted octanol–water partition coefficient (Wildman–Crippen LogP) is 2.20. The van der Waals surface area contributed by atoms with Crippen LogP contribution in [0.3, 0.4) is 0 Å². The number of nitrogen functional groups attached to an aromatic ring is 1. The number of nitrogens with one attached hydrogen (secondary N) is 1. The first-order valence-corrected chi connectivity index (χ1v) is 6.75. The summed E-state index contributed by atoms with van der Waals surface area (Å²) in [6.07, 6.45) is 7.37. The Labute approximate surface area is 101 Å². The van der Waals surface area contributed by atoms with Crippen molar-refractivity contribution >= 4 is 5.82 Å². The summed E-state index contributed by atoms with van der Waals surface area (Å²) in [7, 11) is 0. The van der Waals surface area contributed by atoms with Gasteiger partial charge in [-0.3, -0.25) is 5.10 Å². The number of nitrogens with zero attached hydrogens (tertiary/aromatic N) is 1. The van der Waals surface area contributed by atoms with E-state index in [9.17, 15) is 0 Å². The Bertz CT molecular complexity index is 400. The van der Waals surface area contributed by atoms with E-state index in [1.165, 1.54) is 32.1 Å². The van der Waals surface area contributed by atoms with Gasteiger partial charge in [-0.1, -0.05) is 0 Å². The number of anilines is 1. The minimum atomic E-state index is 0.394. The number of nitrogens with two attached hydrogens (primary N) is 1.